The summed E-state index contributed by atoms with van der Waals surface area (Å²) in [4.78, 5) is 0. The minimum absolute atomic E-state index is 0.121. The van der Waals surface area contributed by atoms with Crippen LogP contribution in [0.3, 0.4) is 0 Å². The molecule has 118 valence electrons. The Labute approximate surface area is 137 Å². The van der Waals surface area contributed by atoms with E-state index >= 15 is 0 Å². The van der Waals surface area contributed by atoms with Gasteiger partial charge in [-0.05, 0) is 18.8 Å². The summed E-state index contributed by atoms with van der Waals surface area (Å²) in [5.41, 5.74) is 0.121. The average Bonchev–Trinajstić information content (AvgIpc) is 2.40. The Morgan fingerprint density at radius 1 is 0.750 bits per heavy atom. The van der Waals surface area contributed by atoms with Gasteiger partial charge in [-0.1, -0.05) is 96.7 Å². The van der Waals surface area contributed by atoms with Crippen molar-refractivity contribution in [1.82, 2.24) is 0 Å². The van der Waals surface area contributed by atoms with Gasteiger partial charge in [0.25, 0.3) is 0 Å². The third kappa shape index (κ3) is 6.93. The quantitative estimate of drug-likeness (QED) is 0.424. The van der Waals surface area contributed by atoms with Gasteiger partial charge in [0.05, 0.1) is 4.20 Å². The second-order valence-corrected chi connectivity index (χ2v) is 8.35. The summed E-state index contributed by atoms with van der Waals surface area (Å²) >= 11 is 9.90. The lowest BCUT2D eigenvalue weighted by atomic mass is 9.74. The first-order chi connectivity index (χ1) is 9.55. The van der Waals surface area contributed by atoms with Crippen LogP contribution >= 0.6 is 24.8 Å². The first kappa shape index (κ1) is 18.5. The molecule has 1 rings (SSSR count). The van der Waals surface area contributed by atoms with Crippen molar-refractivity contribution in [2.75, 3.05) is 0 Å². The third-order valence-electron chi connectivity index (χ3n) is 5.18. The normalized spacial score (nSPS) is 22.1. The zero-order valence-electron chi connectivity index (χ0n) is 13.6. The molecule has 0 nitrogen and oxygen atoms in total. The van der Waals surface area contributed by atoms with Crippen molar-refractivity contribution in [3.8, 4) is 0 Å². The fourth-order valence-electron chi connectivity index (χ4n) is 3.41. The van der Waals surface area contributed by atoms with Crippen molar-refractivity contribution in [3.05, 3.63) is 0 Å². The van der Waals surface area contributed by atoms with Gasteiger partial charge in [-0.2, -0.15) is 0 Å². The molecule has 1 aliphatic rings. The molecule has 0 saturated heterocycles. The van der Waals surface area contributed by atoms with Crippen LogP contribution in [-0.2, 0) is 0 Å². The van der Waals surface area contributed by atoms with E-state index in [0.717, 1.165) is 10.1 Å². The molecule has 0 atom stereocenters. The molecular weight excluding hydrogens is 280 g/mol. The number of hydrogen-bond donors (Lipinski definition) is 1. The molecule has 0 aliphatic heterocycles. The average molecular weight is 315 g/mol. The summed E-state index contributed by atoms with van der Waals surface area (Å²) in [7, 11) is 0. The molecule has 0 heterocycles. The summed E-state index contributed by atoms with van der Waals surface area (Å²) in [6.45, 7) is 4.60. The molecule has 0 bridgehead atoms. The van der Waals surface area contributed by atoms with Crippen molar-refractivity contribution in [2.24, 2.45) is 11.3 Å². The predicted molar refractivity (Wildman–Crippen MR) is 98.9 cm³/mol. The van der Waals surface area contributed by atoms with Crippen molar-refractivity contribution in [3.63, 3.8) is 0 Å². The van der Waals surface area contributed by atoms with Crippen molar-refractivity contribution < 1.29 is 0 Å². The van der Waals surface area contributed by atoms with Crippen LogP contribution < -0.4 is 0 Å². The van der Waals surface area contributed by atoms with Crippen LogP contribution in [0.1, 0.15) is 97.3 Å². The maximum absolute atomic E-state index is 5.40. The molecule has 0 aromatic carbocycles. The van der Waals surface area contributed by atoms with Crippen LogP contribution in [0.25, 0.3) is 0 Å². The maximum atomic E-state index is 5.40. The van der Waals surface area contributed by atoms with Gasteiger partial charge in [0, 0.05) is 5.41 Å². The zero-order chi connectivity index (χ0) is 14.8. The van der Waals surface area contributed by atoms with Crippen molar-refractivity contribution in [2.45, 2.75) is 97.3 Å². The Balaban J connectivity index is 2.50. The van der Waals surface area contributed by atoms with E-state index in [-0.39, 0.29) is 5.41 Å². The van der Waals surface area contributed by atoms with Gasteiger partial charge in [0.1, 0.15) is 0 Å². The number of thiocarbonyl (C=S) groups is 1. The van der Waals surface area contributed by atoms with E-state index in [1.165, 1.54) is 83.5 Å². The smallest absolute Gasteiger partial charge is 0.0507 e. The summed E-state index contributed by atoms with van der Waals surface area (Å²) in [6.07, 6.45) is 18.4. The molecule has 0 spiro atoms. The lowest BCUT2D eigenvalue weighted by molar-refractivity contribution is 0.262. The second kappa shape index (κ2) is 10.2. The first-order valence-corrected chi connectivity index (χ1v) is 9.64. The van der Waals surface area contributed by atoms with E-state index in [4.69, 9.17) is 12.2 Å². The first-order valence-electron chi connectivity index (χ1n) is 8.78. The lowest BCUT2D eigenvalue weighted by Crippen LogP contribution is -2.29. The van der Waals surface area contributed by atoms with E-state index in [0.29, 0.717) is 0 Å². The summed E-state index contributed by atoms with van der Waals surface area (Å²) in [5, 5.41) is 0. The minimum Gasteiger partial charge on any atom is -0.136 e. The minimum atomic E-state index is 0.121. The number of thiol groups is 1. The Hall–Kier alpha value is 0.440. The Bertz CT molecular complexity index is 257. The van der Waals surface area contributed by atoms with Gasteiger partial charge in [0.15, 0.2) is 0 Å². The highest BCUT2D eigenvalue weighted by Gasteiger charge is 2.31. The summed E-state index contributed by atoms with van der Waals surface area (Å²) in [5.74, 6) is 0.732. The topological polar surface area (TPSA) is 0 Å². The highest BCUT2D eigenvalue weighted by Crippen LogP contribution is 2.38. The second-order valence-electron chi connectivity index (χ2n) is 7.19. The molecule has 0 aromatic rings. The SMILES string of the molecule is CC(C)(C(=S)S)C1CCCCCCCCCCCCC1. The summed E-state index contributed by atoms with van der Waals surface area (Å²) < 4.78 is 0.906. The molecule has 0 unspecified atom stereocenters. The Morgan fingerprint density at radius 3 is 1.35 bits per heavy atom. The lowest BCUT2D eigenvalue weighted by Gasteiger charge is -2.34. The van der Waals surface area contributed by atoms with Crippen LogP contribution in [0.15, 0.2) is 0 Å². The predicted octanol–water partition coefficient (Wildman–Crippen LogP) is 6.97. The molecule has 0 N–H and O–H groups in total. The molecule has 0 amide bonds. The Morgan fingerprint density at radius 2 is 1.05 bits per heavy atom. The van der Waals surface area contributed by atoms with Gasteiger partial charge in [-0.3, -0.25) is 0 Å². The van der Waals surface area contributed by atoms with E-state index in [9.17, 15) is 0 Å². The van der Waals surface area contributed by atoms with Gasteiger partial charge in [-0.25, -0.2) is 0 Å². The molecule has 0 aromatic heterocycles. The largest absolute Gasteiger partial charge is 0.136 e. The fraction of sp³-hybridized carbons (Fsp3) is 0.944. The molecule has 1 aliphatic carbocycles. The van der Waals surface area contributed by atoms with E-state index in [1.54, 1.807) is 0 Å². The van der Waals surface area contributed by atoms with Gasteiger partial charge in [0.2, 0.25) is 0 Å². The van der Waals surface area contributed by atoms with E-state index in [1.807, 2.05) is 0 Å². The van der Waals surface area contributed by atoms with Crippen LogP contribution in [0, 0.1) is 11.3 Å². The molecule has 1 fully saturated rings. The highest BCUT2D eigenvalue weighted by molar-refractivity contribution is 8.11. The monoisotopic (exact) mass is 314 g/mol. The third-order valence-corrected chi connectivity index (χ3v) is 6.28. The fourth-order valence-corrected chi connectivity index (χ4v) is 3.76. The molecule has 2 heteroatoms. The van der Waals surface area contributed by atoms with Crippen molar-refractivity contribution in [1.29, 1.82) is 0 Å². The van der Waals surface area contributed by atoms with Crippen molar-refractivity contribution >= 4 is 29.0 Å². The van der Waals surface area contributed by atoms with Gasteiger partial charge < -0.3 is 0 Å². The Kier molecular flexibility index (Phi) is 9.44. The molecule has 1 saturated carbocycles. The zero-order valence-corrected chi connectivity index (χ0v) is 15.3. The maximum Gasteiger partial charge on any atom is 0.0507 e. The van der Waals surface area contributed by atoms with E-state index in [2.05, 4.69) is 26.5 Å². The standard InChI is InChI=1S/C18H34S2/c1-18(2,17(19)20)16-14-12-10-8-6-4-3-5-7-9-11-13-15-16/h16H,3-15H2,1-2H3,(H,19,20). The van der Waals surface area contributed by atoms with E-state index < -0.39 is 0 Å². The van der Waals surface area contributed by atoms with Gasteiger partial charge in [-0.15, -0.1) is 12.6 Å². The molecular formula is C18H34S2. The number of hydrogen-bond acceptors (Lipinski definition) is 1. The number of rotatable bonds is 2. The molecule has 0 radical (unpaired) electrons. The summed E-state index contributed by atoms with van der Waals surface area (Å²) in [6, 6.07) is 0. The molecule has 20 heavy (non-hydrogen) atoms. The van der Waals surface area contributed by atoms with Gasteiger partial charge >= 0.3 is 0 Å². The van der Waals surface area contributed by atoms with Crippen LogP contribution in [0.2, 0.25) is 0 Å². The van der Waals surface area contributed by atoms with Crippen LogP contribution in [0.5, 0.6) is 0 Å². The van der Waals surface area contributed by atoms with Crippen LogP contribution in [0.4, 0.5) is 0 Å². The van der Waals surface area contributed by atoms with Crippen LogP contribution in [-0.4, -0.2) is 4.20 Å². The highest BCUT2D eigenvalue weighted by atomic mass is 32.1.